The molecule has 0 radical (unpaired) electrons. The van der Waals surface area contributed by atoms with E-state index in [9.17, 15) is 14.4 Å². The Morgan fingerprint density at radius 3 is 2.71 bits per heavy atom. The van der Waals surface area contributed by atoms with Crippen molar-refractivity contribution in [2.75, 3.05) is 26.7 Å². The Labute approximate surface area is 141 Å². The van der Waals surface area contributed by atoms with Crippen LogP contribution in [0.25, 0.3) is 0 Å². The number of carbonyl (C=O) groups is 3. The van der Waals surface area contributed by atoms with Crippen LogP contribution in [0.1, 0.15) is 18.4 Å². The molecule has 0 bridgehead atoms. The molecule has 0 aromatic heterocycles. The Morgan fingerprint density at radius 1 is 1.33 bits per heavy atom. The van der Waals surface area contributed by atoms with Crippen LogP contribution in [0, 0.1) is 0 Å². The number of nitrogens with zero attached hydrogens (tertiary/aromatic N) is 2. The molecular formula is C17H23N3O4. The number of carboxylic acids is 1. The number of rotatable bonds is 6. The van der Waals surface area contributed by atoms with Gasteiger partial charge in [0.15, 0.2) is 0 Å². The second kappa shape index (κ2) is 8.33. The van der Waals surface area contributed by atoms with Gasteiger partial charge in [0.2, 0.25) is 5.91 Å². The molecule has 0 saturated carbocycles. The van der Waals surface area contributed by atoms with Crippen LogP contribution in [-0.4, -0.2) is 65.5 Å². The summed E-state index contributed by atoms with van der Waals surface area (Å²) in [5.74, 6) is -1.37. The van der Waals surface area contributed by atoms with E-state index in [-0.39, 0.29) is 18.5 Å². The van der Waals surface area contributed by atoms with Crippen molar-refractivity contribution in [3.63, 3.8) is 0 Å². The molecule has 2 rings (SSSR count). The van der Waals surface area contributed by atoms with Crippen LogP contribution in [0.15, 0.2) is 30.3 Å². The Morgan fingerprint density at radius 2 is 2.04 bits per heavy atom. The Balaban J connectivity index is 1.84. The number of nitrogens with one attached hydrogen (secondary N) is 1. The molecule has 7 heteroatoms. The zero-order chi connectivity index (χ0) is 17.5. The fourth-order valence-electron chi connectivity index (χ4n) is 2.70. The largest absolute Gasteiger partial charge is 0.480 e. The van der Waals surface area contributed by atoms with E-state index in [1.54, 1.807) is 7.05 Å². The number of carbonyl (C=O) groups excluding carboxylic acids is 2. The maximum absolute atomic E-state index is 12.2. The van der Waals surface area contributed by atoms with Gasteiger partial charge in [0, 0.05) is 20.1 Å². The van der Waals surface area contributed by atoms with Crippen molar-refractivity contribution in [1.82, 2.24) is 15.1 Å². The van der Waals surface area contributed by atoms with Crippen molar-refractivity contribution in [2.45, 2.75) is 25.3 Å². The van der Waals surface area contributed by atoms with Gasteiger partial charge < -0.3 is 20.2 Å². The zero-order valence-electron chi connectivity index (χ0n) is 13.8. The van der Waals surface area contributed by atoms with Crippen LogP contribution in [0.5, 0.6) is 0 Å². The van der Waals surface area contributed by atoms with Gasteiger partial charge in [0.05, 0.1) is 0 Å². The fraction of sp³-hybridized carbons (Fsp3) is 0.471. The summed E-state index contributed by atoms with van der Waals surface area (Å²) in [5.41, 5.74) is 1.14. The van der Waals surface area contributed by atoms with Crippen molar-refractivity contribution >= 4 is 17.9 Å². The second-order valence-electron chi connectivity index (χ2n) is 5.95. The summed E-state index contributed by atoms with van der Waals surface area (Å²) in [6, 6.07) is 8.88. The van der Waals surface area contributed by atoms with Gasteiger partial charge >= 0.3 is 12.0 Å². The van der Waals surface area contributed by atoms with Gasteiger partial charge in [0.1, 0.15) is 12.6 Å². The number of likely N-dealkylation sites (tertiary alicyclic amines) is 1. The molecule has 24 heavy (non-hydrogen) atoms. The van der Waals surface area contributed by atoms with Gasteiger partial charge in [-0.05, 0) is 24.8 Å². The Hall–Kier alpha value is -2.57. The van der Waals surface area contributed by atoms with Crippen molar-refractivity contribution in [2.24, 2.45) is 0 Å². The number of piperidine rings is 1. The molecule has 1 saturated heterocycles. The van der Waals surface area contributed by atoms with Gasteiger partial charge in [-0.1, -0.05) is 30.3 Å². The second-order valence-corrected chi connectivity index (χ2v) is 5.95. The molecule has 1 heterocycles. The molecule has 1 unspecified atom stereocenters. The molecule has 3 amide bonds. The van der Waals surface area contributed by atoms with Crippen LogP contribution in [0.3, 0.4) is 0 Å². The fourth-order valence-corrected chi connectivity index (χ4v) is 2.70. The number of carboxylic acid groups (broad SMARTS) is 1. The Bertz CT molecular complexity index is 591. The first-order valence-corrected chi connectivity index (χ1v) is 8.03. The molecule has 1 aromatic rings. The summed E-state index contributed by atoms with van der Waals surface area (Å²) in [5, 5.41) is 11.5. The third-order valence-corrected chi connectivity index (χ3v) is 4.08. The number of likely N-dealkylation sites (N-methyl/N-ethyl adjacent to an activating group) is 1. The summed E-state index contributed by atoms with van der Waals surface area (Å²) in [7, 11) is 1.68. The molecule has 0 aliphatic carbocycles. The van der Waals surface area contributed by atoms with E-state index in [1.807, 2.05) is 30.3 Å². The van der Waals surface area contributed by atoms with Gasteiger partial charge in [0.25, 0.3) is 0 Å². The predicted octanol–water partition coefficient (Wildman–Crippen LogP) is 0.946. The lowest BCUT2D eigenvalue weighted by Crippen LogP contribution is -2.55. The number of benzene rings is 1. The lowest BCUT2D eigenvalue weighted by Gasteiger charge is -2.32. The highest BCUT2D eigenvalue weighted by Crippen LogP contribution is 2.12. The lowest BCUT2D eigenvalue weighted by atomic mass is 10.0. The number of hydrogen-bond acceptors (Lipinski definition) is 3. The van der Waals surface area contributed by atoms with Crippen LogP contribution in [0.4, 0.5) is 4.79 Å². The summed E-state index contributed by atoms with van der Waals surface area (Å²) in [4.78, 5) is 38.1. The van der Waals surface area contributed by atoms with Crippen molar-refractivity contribution in [3.05, 3.63) is 35.9 Å². The van der Waals surface area contributed by atoms with Crippen molar-refractivity contribution in [1.29, 1.82) is 0 Å². The smallest absolute Gasteiger partial charge is 0.323 e. The molecule has 1 fully saturated rings. The molecule has 1 aromatic carbocycles. The first kappa shape index (κ1) is 17.8. The van der Waals surface area contributed by atoms with E-state index in [0.717, 1.165) is 12.0 Å². The number of hydrogen-bond donors (Lipinski definition) is 2. The molecule has 1 aliphatic rings. The van der Waals surface area contributed by atoms with Crippen molar-refractivity contribution < 1.29 is 19.5 Å². The number of aliphatic carboxylic acids is 1. The molecular weight excluding hydrogens is 310 g/mol. The third kappa shape index (κ3) is 4.97. The van der Waals surface area contributed by atoms with E-state index >= 15 is 0 Å². The van der Waals surface area contributed by atoms with E-state index in [2.05, 4.69) is 5.32 Å². The van der Waals surface area contributed by atoms with Crippen LogP contribution in [0.2, 0.25) is 0 Å². The quantitative estimate of drug-likeness (QED) is 0.811. The maximum atomic E-state index is 12.2. The maximum Gasteiger partial charge on any atom is 0.323 e. The first-order chi connectivity index (χ1) is 11.5. The van der Waals surface area contributed by atoms with Crippen molar-refractivity contribution in [3.8, 4) is 0 Å². The van der Waals surface area contributed by atoms with E-state index in [0.29, 0.717) is 25.9 Å². The standard InChI is InChI=1S/C17H23N3O4/c1-19(11-9-13-6-3-2-4-7-13)17(24)18-14-8-5-10-20(16(14)23)12-15(21)22/h2-4,6-7,14H,5,8-12H2,1H3,(H,18,24)(H,21,22). The topological polar surface area (TPSA) is 90.0 Å². The highest BCUT2D eigenvalue weighted by atomic mass is 16.4. The lowest BCUT2D eigenvalue weighted by molar-refractivity contribution is -0.146. The average molecular weight is 333 g/mol. The summed E-state index contributed by atoms with van der Waals surface area (Å²) < 4.78 is 0. The molecule has 1 aliphatic heterocycles. The molecule has 1 atom stereocenters. The highest BCUT2D eigenvalue weighted by Gasteiger charge is 2.31. The SMILES string of the molecule is CN(CCc1ccccc1)C(=O)NC1CCCN(CC(=O)O)C1=O. The van der Waals surface area contributed by atoms with Crippen LogP contribution in [-0.2, 0) is 16.0 Å². The minimum atomic E-state index is -1.05. The highest BCUT2D eigenvalue weighted by molar-refractivity contribution is 5.89. The van der Waals surface area contributed by atoms with E-state index in [1.165, 1.54) is 9.80 Å². The van der Waals surface area contributed by atoms with Gasteiger partial charge in [-0.25, -0.2) is 4.79 Å². The summed E-state index contributed by atoms with van der Waals surface area (Å²) >= 11 is 0. The summed E-state index contributed by atoms with van der Waals surface area (Å²) in [6.45, 7) is 0.631. The van der Waals surface area contributed by atoms with E-state index in [4.69, 9.17) is 5.11 Å². The van der Waals surface area contributed by atoms with Crippen LogP contribution >= 0.6 is 0 Å². The molecule has 130 valence electrons. The molecule has 7 nitrogen and oxygen atoms in total. The summed E-state index contributed by atoms with van der Waals surface area (Å²) in [6.07, 6.45) is 1.94. The minimum Gasteiger partial charge on any atom is -0.480 e. The van der Waals surface area contributed by atoms with E-state index < -0.39 is 12.0 Å². The van der Waals surface area contributed by atoms with Gasteiger partial charge in [-0.2, -0.15) is 0 Å². The number of urea groups is 1. The van der Waals surface area contributed by atoms with Crippen LogP contribution < -0.4 is 5.32 Å². The number of amides is 3. The first-order valence-electron chi connectivity index (χ1n) is 8.03. The predicted molar refractivity (Wildman–Crippen MR) is 88.5 cm³/mol. The third-order valence-electron chi connectivity index (χ3n) is 4.08. The van der Waals surface area contributed by atoms with Gasteiger partial charge in [-0.3, -0.25) is 9.59 Å². The average Bonchev–Trinajstić information content (AvgIpc) is 2.56. The molecule has 0 spiro atoms. The monoisotopic (exact) mass is 333 g/mol. The normalized spacial score (nSPS) is 17.5. The minimum absolute atomic E-state index is 0.318. The van der Waals surface area contributed by atoms with Gasteiger partial charge in [-0.15, -0.1) is 0 Å². The molecule has 2 N–H and O–H groups in total. The zero-order valence-corrected chi connectivity index (χ0v) is 13.8. The Kier molecular flexibility index (Phi) is 6.17.